The van der Waals surface area contributed by atoms with Gasteiger partial charge in [-0.05, 0) is 30.7 Å². The van der Waals surface area contributed by atoms with Crippen molar-refractivity contribution >= 4 is 6.29 Å². The number of carbonyl (C=O) groups excluding carboxylic acids is 1. The average molecular weight is 296 g/mol. The molecular weight excluding hydrogens is 276 g/mol. The van der Waals surface area contributed by atoms with Gasteiger partial charge in [-0.2, -0.15) is 5.10 Å². The fourth-order valence-electron chi connectivity index (χ4n) is 2.72. The Hall–Kier alpha value is -2.36. The molecule has 0 fully saturated rings. The molecule has 2 aromatic rings. The van der Waals surface area contributed by atoms with Crippen LogP contribution in [0.15, 0.2) is 48.6 Å². The lowest BCUT2D eigenvalue weighted by molar-refractivity contribution is 0.111. The summed E-state index contributed by atoms with van der Waals surface area (Å²) in [5.41, 5.74) is 1.53. The van der Waals surface area contributed by atoms with Crippen LogP contribution in [0.25, 0.3) is 0 Å². The Balaban J connectivity index is 1.70. The van der Waals surface area contributed by atoms with E-state index in [4.69, 9.17) is 4.74 Å². The van der Waals surface area contributed by atoms with E-state index in [2.05, 4.69) is 17.3 Å². The molecule has 0 saturated carbocycles. The third-order valence-corrected chi connectivity index (χ3v) is 3.92. The summed E-state index contributed by atoms with van der Waals surface area (Å²) in [5, 5.41) is 4.33. The van der Waals surface area contributed by atoms with E-state index >= 15 is 0 Å². The van der Waals surface area contributed by atoms with Crippen molar-refractivity contribution in [1.29, 1.82) is 0 Å². The van der Waals surface area contributed by atoms with Crippen LogP contribution in [0.1, 0.15) is 35.3 Å². The minimum Gasteiger partial charge on any atom is -0.473 e. The summed E-state index contributed by atoms with van der Waals surface area (Å²) < 4.78 is 7.70. The SMILES string of the molecule is O=Cc1cc(OCc2ccccc2)n(CC2CC=CCC2)n1. The average Bonchev–Trinajstić information content (AvgIpc) is 2.97. The van der Waals surface area contributed by atoms with Crippen LogP contribution >= 0.6 is 0 Å². The molecule has 114 valence electrons. The van der Waals surface area contributed by atoms with Gasteiger partial charge in [0.1, 0.15) is 12.3 Å². The number of benzene rings is 1. The van der Waals surface area contributed by atoms with Gasteiger partial charge in [0, 0.05) is 12.6 Å². The first-order valence-corrected chi connectivity index (χ1v) is 7.70. The highest BCUT2D eigenvalue weighted by Crippen LogP contribution is 2.23. The Morgan fingerprint density at radius 1 is 1.27 bits per heavy atom. The number of hydrogen-bond acceptors (Lipinski definition) is 3. The summed E-state index contributed by atoms with van der Waals surface area (Å²) in [7, 11) is 0. The van der Waals surface area contributed by atoms with E-state index in [1.165, 1.54) is 0 Å². The van der Waals surface area contributed by atoms with Crippen LogP contribution < -0.4 is 4.74 Å². The summed E-state index contributed by atoms with van der Waals surface area (Å²) in [6.45, 7) is 1.28. The fraction of sp³-hybridized carbons (Fsp3) is 0.333. The molecule has 1 heterocycles. The number of aldehydes is 1. The zero-order chi connectivity index (χ0) is 15.2. The van der Waals surface area contributed by atoms with Gasteiger partial charge in [0.25, 0.3) is 0 Å². The van der Waals surface area contributed by atoms with Crippen LogP contribution in [-0.2, 0) is 13.2 Å². The molecule has 0 bridgehead atoms. The molecule has 0 aliphatic heterocycles. The molecule has 1 aromatic heterocycles. The molecule has 22 heavy (non-hydrogen) atoms. The van der Waals surface area contributed by atoms with E-state index < -0.39 is 0 Å². The van der Waals surface area contributed by atoms with Crippen molar-refractivity contribution in [2.45, 2.75) is 32.4 Å². The Bertz CT molecular complexity index is 646. The number of aromatic nitrogens is 2. The Morgan fingerprint density at radius 3 is 2.86 bits per heavy atom. The molecule has 0 N–H and O–H groups in total. The molecule has 0 spiro atoms. The van der Waals surface area contributed by atoms with E-state index in [0.29, 0.717) is 24.1 Å². The van der Waals surface area contributed by atoms with E-state index in [0.717, 1.165) is 37.7 Å². The molecule has 0 saturated heterocycles. The van der Waals surface area contributed by atoms with Crippen LogP contribution in [0.2, 0.25) is 0 Å². The van der Waals surface area contributed by atoms with E-state index in [-0.39, 0.29) is 0 Å². The van der Waals surface area contributed by atoms with Gasteiger partial charge in [0.05, 0.1) is 0 Å². The van der Waals surface area contributed by atoms with Crippen LogP contribution in [0.3, 0.4) is 0 Å². The maximum absolute atomic E-state index is 11.0. The maximum Gasteiger partial charge on any atom is 0.212 e. The van der Waals surface area contributed by atoms with E-state index in [1.54, 1.807) is 6.07 Å². The van der Waals surface area contributed by atoms with Gasteiger partial charge in [0.15, 0.2) is 6.29 Å². The van der Waals surface area contributed by atoms with Gasteiger partial charge >= 0.3 is 0 Å². The molecule has 1 aliphatic rings. The predicted octanol–water partition coefficient (Wildman–Crippen LogP) is 3.63. The first-order valence-electron chi connectivity index (χ1n) is 7.70. The fourth-order valence-corrected chi connectivity index (χ4v) is 2.72. The third kappa shape index (κ3) is 3.64. The highest BCUT2D eigenvalue weighted by Gasteiger charge is 2.15. The normalized spacial score (nSPS) is 17.4. The highest BCUT2D eigenvalue weighted by atomic mass is 16.5. The van der Waals surface area contributed by atoms with Gasteiger partial charge in [-0.15, -0.1) is 0 Å². The van der Waals surface area contributed by atoms with Crippen molar-refractivity contribution in [3.05, 3.63) is 59.8 Å². The van der Waals surface area contributed by atoms with Crippen molar-refractivity contribution in [2.75, 3.05) is 0 Å². The molecule has 4 heteroatoms. The third-order valence-electron chi connectivity index (χ3n) is 3.92. The molecule has 1 atom stereocenters. The van der Waals surface area contributed by atoms with Crippen molar-refractivity contribution in [1.82, 2.24) is 9.78 Å². The first kappa shape index (κ1) is 14.6. The summed E-state index contributed by atoms with van der Waals surface area (Å²) >= 11 is 0. The molecule has 4 nitrogen and oxygen atoms in total. The lowest BCUT2D eigenvalue weighted by Crippen LogP contribution is -2.14. The van der Waals surface area contributed by atoms with Gasteiger partial charge in [-0.1, -0.05) is 42.5 Å². The minimum atomic E-state index is 0.425. The van der Waals surface area contributed by atoms with Gasteiger partial charge in [0.2, 0.25) is 5.88 Å². The summed E-state index contributed by atoms with van der Waals surface area (Å²) in [5.74, 6) is 1.23. The summed E-state index contributed by atoms with van der Waals surface area (Å²) in [6, 6.07) is 11.7. The van der Waals surface area contributed by atoms with Gasteiger partial charge in [-0.25, -0.2) is 4.68 Å². The standard InChI is InChI=1S/C18H20N2O2/c21-13-17-11-18(22-14-16-9-5-2-6-10-16)20(19-17)12-15-7-3-1-4-8-15/h1-3,5-6,9-11,13,15H,4,7-8,12,14H2. The lowest BCUT2D eigenvalue weighted by atomic mass is 9.94. The van der Waals surface area contributed by atoms with Crippen molar-refractivity contribution in [2.24, 2.45) is 5.92 Å². The second-order valence-electron chi connectivity index (χ2n) is 5.63. The topological polar surface area (TPSA) is 44.1 Å². The molecule has 3 rings (SSSR count). The van der Waals surface area contributed by atoms with Crippen molar-refractivity contribution < 1.29 is 9.53 Å². The lowest BCUT2D eigenvalue weighted by Gasteiger charge is -2.18. The van der Waals surface area contributed by atoms with Crippen LogP contribution in [0, 0.1) is 5.92 Å². The number of rotatable bonds is 6. The summed E-state index contributed by atoms with van der Waals surface area (Å²) in [4.78, 5) is 11.0. The van der Waals surface area contributed by atoms with Crippen LogP contribution in [0.4, 0.5) is 0 Å². The number of carbonyl (C=O) groups is 1. The van der Waals surface area contributed by atoms with Gasteiger partial charge < -0.3 is 4.74 Å². The molecule has 1 unspecified atom stereocenters. The van der Waals surface area contributed by atoms with Crippen molar-refractivity contribution in [3.63, 3.8) is 0 Å². The van der Waals surface area contributed by atoms with E-state index in [9.17, 15) is 4.79 Å². The second kappa shape index (κ2) is 7.07. The monoisotopic (exact) mass is 296 g/mol. The largest absolute Gasteiger partial charge is 0.473 e. The summed E-state index contributed by atoms with van der Waals surface area (Å²) in [6.07, 6.45) is 8.56. The molecular formula is C18H20N2O2. The second-order valence-corrected chi connectivity index (χ2v) is 5.63. The zero-order valence-corrected chi connectivity index (χ0v) is 12.5. The molecule has 0 amide bonds. The molecule has 0 radical (unpaired) electrons. The zero-order valence-electron chi connectivity index (χ0n) is 12.5. The number of ether oxygens (including phenoxy) is 1. The predicted molar refractivity (Wildman–Crippen MR) is 84.9 cm³/mol. The molecule has 1 aromatic carbocycles. The first-order chi connectivity index (χ1) is 10.8. The minimum absolute atomic E-state index is 0.425. The number of hydrogen-bond donors (Lipinski definition) is 0. The Kier molecular flexibility index (Phi) is 4.68. The molecule has 1 aliphatic carbocycles. The van der Waals surface area contributed by atoms with Crippen molar-refractivity contribution in [3.8, 4) is 5.88 Å². The maximum atomic E-state index is 11.0. The quantitative estimate of drug-likeness (QED) is 0.604. The Labute approximate surface area is 130 Å². The number of nitrogens with zero attached hydrogens (tertiary/aromatic N) is 2. The number of allylic oxidation sites excluding steroid dienone is 2. The van der Waals surface area contributed by atoms with Gasteiger partial charge in [-0.3, -0.25) is 4.79 Å². The van der Waals surface area contributed by atoms with Crippen LogP contribution in [0.5, 0.6) is 5.88 Å². The van der Waals surface area contributed by atoms with Crippen LogP contribution in [-0.4, -0.2) is 16.1 Å². The highest BCUT2D eigenvalue weighted by molar-refractivity contribution is 5.72. The smallest absolute Gasteiger partial charge is 0.212 e. The van der Waals surface area contributed by atoms with E-state index in [1.807, 2.05) is 35.0 Å². The Morgan fingerprint density at radius 2 is 2.14 bits per heavy atom.